The molecular formula is C17H20FNO2. The van der Waals surface area contributed by atoms with Gasteiger partial charge >= 0.3 is 0 Å². The molecule has 4 heteroatoms. The maximum atomic E-state index is 13.5. The van der Waals surface area contributed by atoms with Gasteiger partial charge in [-0.25, -0.2) is 4.39 Å². The van der Waals surface area contributed by atoms with E-state index in [1.54, 1.807) is 25.3 Å². The van der Waals surface area contributed by atoms with Gasteiger partial charge in [-0.1, -0.05) is 42.5 Å². The predicted molar refractivity (Wildman–Crippen MR) is 80.2 cm³/mol. The Bertz CT molecular complexity index is 574. The molecule has 2 aromatic carbocycles. The zero-order chi connectivity index (χ0) is 15.1. The number of aliphatic hydroxyl groups excluding tert-OH is 1. The zero-order valence-electron chi connectivity index (χ0n) is 12.1. The highest BCUT2D eigenvalue weighted by molar-refractivity contribution is 5.23. The lowest BCUT2D eigenvalue weighted by atomic mass is 10.1. The number of hydrogen-bond acceptors (Lipinski definition) is 3. The third kappa shape index (κ3) is 4.63. The van der Waals surface area contributed by atoms with Gasteiger partial charge in [-0.3, -0.25) is 0 Å². The van der Waals surface area contributed by atoms with Gasteiger partial charge in [-0.05, 0) is 17.2 Å². The maximum Gasteiger partial charge on any atom is 0.129 e. The van der Waals surface area contributed by atoms with E-state index in [-0.39, 0.29) is 5.82 Å². The van der Waals surface area contributed by atoms with Crippen LogP contribution in [-0.2, 0) is 17.9 Å². The van der Waals surface area contributed by atoms with Crippen molar-refractivity contribution in [3.8, 4) is 0 Å². The van der Waals surface area contributed by atoms with Crippen molar-refractivity contribution in [3.63, 3.8) is 0 Å². The lowest BCUT2D eigenvalue weighted by Gasteiger charge is -2.13. The normalized spacial score (nSPS) is 12.3. The van der Waals surface area contributed by atoms with Crippen LogP contribution in [0.4, 0.5) is 4.39 Å². The topological polar surface area (TPSA) is 41.5 Å². The summed E-state index contributed by atoms with van der Waals surface area (Å²) in [5.74, 6) is -0.381. The van der Waals surface area contributed by atoms with Gasteiger partial charge in [0.1, 0.15) is 5.82 Å². The van der Waals surface area contributed by atoms with Crippen LogP contribution in [0, 0.1) is 5.82 Å². The molecule has 0 aliphatic heterocycles. The summed E-state index contributed by atoms with van der Waals surface area (Å²) >= 11 is 0. The average Bonchev–Trinajstić information content (AvgIpc) is 2.48. The molecule has 0 saturated carbocycles. The Morgan fingerprint density at radius 3 is 2.67 bits per heavy atom. The summed E-state index contributed by atoms with van der Waals surface area (Å²) in [6.07, 6.45) is -0.853. The molecule has 2 N–H and O–H groups in total. The molecule has 0 fully saturated rings. The van der Waals surface area contributed by atoms with E-state index < -0.39 is 6.10 Å². The van der Waals surface area contributed by atoms with Crippen LogP contribution in [0.15, 0.2) is 48.5 Å². The summed E-state index contributed by atoms with van der Waals surface area (Å²) in [7, 11) is 1.66. The van der Waals surface area contributed by atoms with Crippen molar-refractivity contribution in [2.45, 2.75) is 19.3 Å². The van der Waals surface area contributed by atoms with Crippen LogP contribution in [0.25, 0.3) is 0 Å². The summed E-state index contributed by atoms with van der Waals surface area (Å²) in [6, 6.07) is 14.3. The molecule has 0 spiro atoms. The monoisotopic (exact) mass is 289 g/mol. The first-order chi connectivity index (χ1) is 10.2. The number of methoxy groups -OCH3 is 1. The van der Waals surface area contributed by atoms with Gasteiger partial charge in [0.15, 0.2) is 0 Å². The molecule has 1 unspecified atom stereocenters. The summed E-state index contributed by atoms with van der Waals surface area (Å²) in [5.41, 5.74) is 2.52. The first kappa shape index (κ1) is 15.6. The van der Waals surface area contributed by atoms with E-state index in [1.807, 2.05) is 24.3 Å². The Kier molecular flexibility index (Phi) is 5.87. The average molecular weight is 289 g/mol. The van der Waals surface area contributed by atoms with Crippen LogP contribution >= 0.6 is 0 Å². The summed E-state index contributed by atoms with van der Waals surface area (Å²) < 4.78 is 18.6. The Balaban J connectivity index is 1.86. The molecule has 0 saturated heterocycles. The fraction of sp³-hybridized carbons (Fsp3) is 0.294. The van der Waals surface area contributed by atoms with E-state index in [4.69, 9.17) is 4.74 Å². The molecule has 0 amide bonds. The molecule has 2 rings (SSSR count). The second-order valence-electron chi connectivity index (χ2n) is 4.92. The van der Waals surface area contributed by atoms with Crippen molar-refractivity contribution in [3.05, 3.63) is 71.0 Å². The first-order valence-corrected chi connectivity index (χ1v) is 6.90. The minimum atomic E-state index is -0.853. The van der Waals surface area contributed by atoms with Gasteiger partial charge in [0.25, 0.3) is 0 Å². The molecule has 0 aliphatic rings. The van der Waals surface area contributed by atoms with E-state index in [1.165, 1.54) is 6.07 Å². The van der Waals surface area contributed by atoms with Crippen LogP contribution in [0.2, 0.25) is 0 Å². The van der Waals surface area contributed by atoms with E-state index in [2.05, 4.69) is 5.32 Å². The number of rotatable bonds is 7. The number of nitrogens with one attached hydrogen (secondary N) is 1. The fourth-order valence-corrected chi connectivity index (χ4v) is 2.20. The number of aliphatic hydroxyl groups is 1. The molecule has 2 aromatic rings. The number of benzene rings is 2. The Hall–Kier alpha value is -1.75. The van der Waals surface area contributed by atoms with E-state index >= 15 is 0 Å². The van der Waals surface area contributed by atoms with Crippen LogP contribution in [0.5, 0.6) is 0 Å². The van der Waals surface area contributed by atoms with E-state index in [9.17, 15) is 9.50 Å². The van der Waals surface area contributed by atoms with Gasteiger partial charge in [0.05, 0.1) is 12.7 Å². The molecule has 0 aliphatic carbocycles. The lowest BCUT2D eigenvalue weighted by Crippen LogP contribution is -2.21. The molecule has 3 nitrogen and oxygen atoms in total. The van der Waals surface area contributed by atoms with Gasteiger partial charge in [-0.15, -0.1) is 0 Å². The Morgan fingerprint density at radius 1 is 1.14 bits per heavy atom. The minimum Gasteiger partial charge on any atom is -0.387 e. The van der Waals surface area contributed by atoms with Crippen molar-refractivity contribution < 1.29 is 14.2 Å². The SMILES string of the molecule is COCc1cccc(CNCC(O)c2ccccc2F)c1. The van der Waals surface area contributed by atoms with Gasteiger partial charge in [-0.2, -0.15) is 0 Å². The molecule has 0 heterocycles. The summed E-state index contributed by atoms with van der Waals surface area (Å²) in [6.45, 7) is 1.49. The minimum absolute atomic E-state index is 0.301. The number of ether oxygens (including phenoxy) is 1. The van der Waals surface area contributed by atoms with Crippen molar-refractivity contribution >= 4 is 0 Å². The van der Waals surface area contributed by atoms with Gasteiger partial charge in [0, 0.05) is 25.8 Å². The lowest BCUT2D eigenvalue weighted by molar-refractivity contribution is 0.169. The molecule has 0 radical (unpaired) electrons. The Labute approximate surface area is 124 Å². The van der Waals surface area contributed by atoms with E-state index in [0.29, 0.717) is 25.3 Å². The molecule has 112 valence electrons. The van der Waals surface area contributed by atoms with Crippen molar-refractivity contribution in [2.24, 2.45) is 0 Å². The van der Waals surface area contributed by atoms with Crippen LogP contribution in [-0.4, -0.2) is 18.8 Å². The molecule has 0 aromatic heterocycles. The van der Waals surface area contributed by atoms with Crippen molar-refractivity contribution in [1.82, 2.24) is 5.32 Å². The van der Waals surface area contributed by atoms with Crippen LogP contribution < -0.4 is 5.32 Å². The van der Waals surface area contributed by atoms with Crippen LogP contribution in [0.3, 0.4) is 0 Å². The molecular weight excluding hydrogens is 269 g/mol. The van der Waals surface area contributed by atoms with Crippen molar-refractivity contribution in [2.75, 3.05) is 13.7 Å². The third-order valence-corrected chi connectivity index (χ3v) is 3.23. The second-order valence-corrected chi connectivity index (χ2v) is 4.92. The third-order valence-electron chi connectivity index (χ3n) is 3.23. The highest BCUT2D eigenvalue weighted by Crippen LogP contribution is 2.15. The van der Waals surface area contributed by atoms with Gasteiger partial charge in [0.2, 0.25) is 0 Å². The quantitative estimate of drug-likeness (QED) is 0.823. The standard InChI is InChI=1S/C17H20FNO2/c1-21-12-14-6-4-5-13(9-14)10-19-11-17(20)15-7-2-3-8-16(15)18/h2-9,17,19-20H,10-12H2,1H3. The summed E-state index contributed by atoms with van der Waals surface area (Å²) in [5, 5.41) is 13.1. The number of hydrogen-bond donors (Lipinski definition) is 2. The first-order valence-electron chi connectivity index (χ1n) is 6.90. The maximum absolute atomic E-state index is 13.5. The zero-order valence-corrected chi connectivity index (χ0v) is 12.1. The highest BCUT2D eigenvalue weighted by Gasteiger charge is 2.11. The second kappa shape index (κ2) is 7.88. The van der Waals surface area contributed by atoms with Crippen molar-refractivity contribution in [1.29, 1.82) is 0 Å². The molecule has 21 heavy (non-hydrogen) atoms. The molecule has 1 atom stereocenters. The number of halogens is 1. The van der Waals surface area contributed by atoms with Crippen LogP contribution in [0.1, 0.15) is 22.8 Å². The largest absolute Gasteiger partial charge is 0.387 e. The highest BCUT2D eigenvalue weighted by atomic mass is 19.1. The molecule has 0 bridgehead atoms. The fourth-order valence-electron chi connectivity index (χ4n) is 2.20. The Morgan fingerprint density at radius 2 is 1.90 bits per heavy atom. The predicted octanol–water partition coefficient (Wildman–Crippen LogP) is 2.80. The van der Waals surface area contributed by atoms with E-state index in [0.717, 1.165) is 11.1 Å². The smallest absolute Gasteiger partial charge is 0.129 e. The summed E-state index contributed by atoms with van der Waals surface area (Å²) in [4.78, 5) is 0. The van der Waals surface area contributed by atoms with Gasteiger partial charge < -0.3 is 15.2 Å².